The Bertz CT molecular complexity index is 563. The molecule has 0 aliphatic rings. The minimum atomic E-state index is -0.902. The van der Waals surface area contributed by atoms with Crippen LogP contribution in [0.1, 0.15) is 159 Å². The van der Waals surface area contributed by atoms with E-state index in [-0.39, 0.29) is 41.7 Å². The van der Waals surface area contributed by atoms with Gasteiger partial charge in [-0.05, 0) is 38.5 Å². The summed E-state index contributed by atoms with van der Waals surface area (Å²) < 4.78 is 0. The molecule has 0 heterocycles. The molecule has 0 rings (SSSR count). The van der Waals surface area contributed by atoms with Gasteiger partial charge in [0.1, 0.15) is 0 Å². The second kappa shape index (κ2) is 24.8. The van der Waals surface area contributed by atoms with E-state index in [9.17, 15) is 29.7 Å². The summed E-state index contributed by atoms with van der Waals surface area (Å²) in [7, 11) is 0. The molecular formula is C30H57CeO6. The standard InChI is InChI=1S/3C10H20O2.Ce/c2*1-4-6-7-8-10(3,5-2)9(11)12;1-4-6-8-10(3,7-5-2)9(11)12;/h3*4-8H2,1-3H3,(H,11,12);/q;;;+3/p-3. The van der Waals surface area contributed by atoms with Gasteiger partial charge in [-0.15, -0.1) is 0 Å². The Hall–Kier alpha value is -0.213. The Morgan fingerprint density at radius 3 is 0.973 bits per heavy atom. The number of carboxylic acids is 3. The minimum absolute atomic E-state index is 0. The van der Waals surface area contributed by atoms with E-state index in [2.05, 4.69) is 20.8 Å². The largest absolute Gasteiger partial charge is 3.00 e. The third-order valence-electron chi connectivity index (χ3n) is 7.59. The van der Waals surface area contributed by atoms with Crippen molar-refractivity contribution in [3.8, 4) is 0 Å². The predicted octanol–water partition coefficient (Wildman–Crippen LogP) is 5.20. The molecule has 0 N–H and O–H groups in total. The number of hydrogen-bond acceptors (Lipinski definition) is 6. The summed E-state index contributed by atoms with van der Waals surface area (Å²) in [6, 6.07) is 0. The van der Waals surface area contributed by atoms with Gasteiger partial charge in [0.05, 0.1) is 0 Å². The maximum atomic E-state index is 10.8. The van der Waals surface area contributed by atoms with E-state index in [1.54, 1.807) is 20.8 Å². The molecule has 0 aromatic rings. The van der Waals surface area contributed by atoms with Crippen LogP contribution in [0.2, 0.25) is 0 Å². The number of carbonyl (C=O) groups is 3. The minimum Gasteiger partial charge on any atom is -0.550 e. The van der Waals surface area contributed by atoms with Crippen molar-refractivity contribution in [3.05, 3.63) is 0 Å². The third-order valence-corrected chi connectivity index (χ3v) is 7.59. The van der Waals surface area contributed by atoms with Crippen LogP contribution in [0.4, 0.5) is 0 Å². The van der Waals surface area contributed by atoms with Crippen LogP contribution < -0.4 is 15.3 Å². The molecule has 0 saturated carbocycles. The van der Waals surface area contributed by atoms with Crippen LogP contribution in [-0.2, 0) is 14.4 Å². The van der Waals surface area contributed by atoms with Gasteiger partial charge in [-0.2, -0.15) is 0 Å². The molecule has 0 bridgehead atoms. The second-order valence-corrected chi connectivity index (χ2v) is 11.0. The van der Waals surface area contributed by atoms with Gasteiger partial charge < -0.3 is 29.7 Å². The van der Waals surface area contributed by atoms with Gasteiger partial charge in [0, 0.05) is 34.2 Å². The summed E-state index contributed by atoms with van der Waals surface area (Å²) in [6.45, 7) is 17.5. The molecule has 217 valence electrons. The smallest absolute Gasteiger partial charge is 0.550 e. The number of rotatable bonds is 18. The molecule has 0 aliphatic carbocycles. The first-order valence-electron chi connectivity index (χ1n) is 14.3. The molecule has 0 saturated heterocycles. The molecule has 0 aliphatic heterocycles. The van der Waals surface area contributed by atoms with Crippen LogP contribution in [0.3, 0.4) is 0 Å². The number of unbranched alkanes of at least 4 members (excludes halogenated alkanes) is 5. The van der Waals surface area contributed by atoms with Crippen molar-refractivity contribution in [1.82, 2.24) is 0 Å². The van der Waals surface area contributed by atoms with Crippen LogP contribution in [0, 0.1) is 58.0 Å². The van der Waals surface area contributed by atoms with E-state index >= 15 is 0 Å². The molecule has 3 unspecified atom stereocenters. The normalized spacial score (nSPS) is 15.2. The first kappa shape index (κ1) is 43.8. The zero-order valence-electron chi connectivity index (χ0n) is 25.6. The first-order chi connectivity index (χ1) is 16.7. The zero-order valence-corrected chi connectivity index (χ0v) is 28.7. The van der Waals surface area contributed by atoms with E-state index in [0.717, 1.165) is 83.5 Å². The molecular weight excluding hydrogens is 596 g/mol. The van der Waals surface area contributed by atoms with Crippen molar-refractivity contribution >= 4 is 17.9 Å². The predicted molar refractivity (Wildman–Crippen MR) is 143 cm³/mol. The SMILES string of the molecule is CCCCC(C)(CCC)C(=O)[O-].CCCCCC(C)(CC)C(=O)[O-].CCCCCC(C)(CC)C(=O)[O-].[Ce+3]. The van der Waals surface area contributed by atoms with Gasteiger partial charge in [-0.25, -0.2) is 0 Å². The van der Waals surface area contributed by atoms with Gasteiger partial charge in [-0.1, -0.05) is 120 Å². The molecule has 0 spiro atoms. The summed E-state index contributed by atoms with van der Waals surface area (Å²) in [6.07, 6.45) is 13.7. The fraction of sp³-hybridized carbons (Fsp3) is 0.900. The van der Waals surface area contributed by atoms with Gasteiger partial charge in [0.25, 0.3) is 0 Å². The molecule has 37 heavy (non-hydrogen) atoms. The zero-order chi connectivity index (χ0) is 28.8. The molecule has 3 atom stereocenters. The van der Waals surface area contributed by atoms with Crippen molar-refractivity contribution in [2.75, 3.05) is 0 Å². The molecule has 0 aromatic carbocycles. The Morgan fingerprint density at radius 1 is 0.459 bits per heavy atom. The maximum absolute atomic E-state index is 10.8. The van der Waals surface area contributed by atoms with Gasteiger partial charge in [0.15, 0.2) is 0 Å². The quantitative estimate of drug-likeness (QED) is 0.188. The van der Waals surface area contributed by atoms with E-state index in [0.29, 0.717) is 12.8 Å². The van der Waals surface area contributed by atoms with Gasteiger partial charge in [0.2, 0.25) is 0 Å². The molecule has 6 nitrogen and oxygen atoms in total. The Morgan fingerprint density at radius 2 is 0.757 bits per heavy atom. The summed E-state index contributed by atoms with van der Waals surface area (Å²) in [5.41, 5.74) is -1.80. The molecule has 7 heteroatoms. The fourth-order valence-corrected chi connectivity index (χ4v) is 3.82. The Kier molecular flexibility index (Phi) is 29.4. The average Bonchev–Trinajstić information content (AvgIpc) is 2.83. The first-order valence-corrected chi connectivity index (χ1v) is 14.3. The number of carbonyl (C=O) groups excluding carboxylic acids is 3. The van der Waals surface area contributed by atoms with E-state index in [1.165, 1.54) is 0 Å². The summed E-state index contributed by atoms with van der Waals surface area (Å²) >= 11 is 0. The number of hydrogen-bond donors (Lipinski definition) is 0. The third kappa shape index (κ3) is 20.4. The van der Waals surface area contributed by atoms with E-state index in [4.69, 9.17) is 0 Å². The van der Waals surface area contributed by atoms with Crippen molar-refractivity contribution in [2.24, 2.45) is 16.2 Å². The summed E-state index contributed by atoms with van der Waals surface area (Å²) in [5.74, 6) is -2.69. The summed E-state index contributed by atoms with van der Waals surface area (Å²) in [5, 5.41) is 32.3. The van der Waals surface area contributed by atoms with E-state index < -0.39 is 34.2 Å². The van der Waals surface area contributed by atoms with Crippen molar-refractivity contribution in [1.29, 1.82) is 0 Å². The average molecular weight is 654 g/mol. The van der Waals surface area contributed by atoms with Crippen LogP contribution in [0.5, 0.6) is 0 Å². The van der Waals surface area contributed by atoms with Gasteiger partial charge in [-0.3, -0.25) is 0 Å². The van der Waals surface area contributed by atoms with Crippen LogP contribution in [0.15, 0.2) is 0 Å². The monoisotopic (exact) mass is 653 g/mol. The molecule has 1 radical (unpaired) electrons. The Labute approximate surface area is 262 Å². The fourth-order valence-electron chi connectivity index (χ4n) is 3.82. The molecule has 0 amide bonds. The maximum Gasteiger partial charge on any atom is 3.00 e. The summed E-state index contributed by atoms with van der Waals surface area (Å²) in [4.78, 5) is 32.3. The van der Waals surface area contributed by atoms with Crippen molar-refractivity contribution < 1.29 is 71.5 Å². The van der Waals surface area contributed by atoms with Gasteiger partial charge >= 0.3 is 41.7 Å². The molecule has 0 aromatic heterocycles. The number of carboxylic acid groups (broad SMARTS) is 3. The van der Waals surface area contributed by atoms with E-state index in [1.807, 2.05) is 20.8 Å². The van der Waals surface area contributed by atoms with Crippen LogP contribution in [0.25, 0.3) is 0 Å². The Balaban J connectivity index is -0.000000218. The van der Waals surface area contributed by atoms with Crippen LogP contribution in [-0.4, -0.2) is 17.9 Å². The number of aliphatic carboxylic acids is 3. The second-order valence-electron chi connectivity index (χ2n) is 11.0. The van der Waals surface area contributed by atoms with Crippen LogP contribution >= 0.6 is 0 Å². The molecule has 0 fully saturated rings. The topological polar surface area (TPSA) is 120 Å². The van der Waals surface area contributed by atoms with Crippen molar-refractivity contribution in [3.63, 3.8) is 0 Å². The van der Waals surface area contributed by atoms with Crippen molar-refractivity contribution in [2.45, 2.75) is 159 Å².